The number of fused-ring (bicyclic) bond motifs is 2. The third-order valence-electron chi connectivity index (χ3n) is 5.64. The second-order valence-electron chi connectivity index (χ2n) is 7.14. The first-order chi connectivity index (χ1) is 12.3. The molecule has 1 aromatic carbocycles. The van der Waals surface area contributed by atoms with Crippen LogP contribution in [0.15, 0.2) is 35.5 Å². The van der Waals surface area contributed by atoms with Gasteiger partial charge in [-0.3, -0.25) is 4.79 Å². The van der Waals surface area contributed by atoms with E-state index >= 15 is 0 Å². The number of rotatable bonds is 2. The van der Waals surface area contributed by atoms with Gasteiger partial charge < -0.3 is 9.47 Å². The van der Waals surface area contributed by atoms with Crippen LogP contribution in [0.25, 0.3) is 0 Å². The number of likely N-dealkylation sites (N-methyl/N-ethyl adjacent to an activating group) is 1. The van der Waals surface area contributed by atoms with Crippen LogP contribution in [-0.4, -0.2) is 48.3 Å². The van der Waals surface area contributed by atoms with Gasteiger partial charge in [-0.1, -0.05) is 18.2 Å². The van der Waals surface area contributed by atoms with E-state index in [1.165, 1.54) is 10.5 Å². The molecule has 0 bridgehead atoms. The average Bonchev–Trinajstić information content (AvgIpc) is 3.08. The average molecular weight is 374 g/mol. The molecule has 2 aliphatic rings. The summed E-state index contributed by atoms with van der Waals surface area (Å²) in [5.74, 6) is 0.605. The molecule has 0 saturated carbocycles. The van der Waals surface area contributed by atoms with Gasteiger partial charge >= 0.3 is 0 Å². The Morgan fingerprint density at radius 2 is 1.92 bits per heavy atom. The van der Waals surface area contributed by atoms with Crippen molar-refractivity contribution in [3.63, 3.8) is 0 Å². The van der Waals surface area contributed by atoms with Gasteiger partial charge in [0.15, 0.2) is 5.03 Å². The van der Waals surface area contributed by atoms with E-state index in [0.29, 0.717) is 25.2 Å². The van der Waals surface area contributed by atoms with E-state index in [-0.39, 0.29) is 17.5 Å². The van der Waals surface area contributed by atoms with E-state index in [1.807, 2.05) is 24.3 Å². The molecule has 0 N–H and O–H groups in total. The van der Waals surface area contributed by atoms with Crippen LogP contribution in [0.5, 0.6) is 0 Å². The van der Waals surface area contributed by atoms with Crippen LogP contribution >= 0.6 is 0 Å². The van der Waals surface area contributed by atoms with Gasteiger partial charge in [0.1, 0.15) is 5.82 Å². The standard InChI is InChI=1S/C18H22N4O3S/c1-13-19-16(11-20(13)2)26(24,25)22-10-6-9-18(12-22)14-7-4-5-8-15(14)21(3)17(18)23/h4-5,7-8,11H,6,9-10,12H2,1-3H3/t18-/m1/s1. The number of hydrogen-bond donors (Lipinski definition) is 0. The lowest BCUT2D eigenvalue weighted by molar-refractivity contribution is -0.124. The topological polar surface area (TPSA) is 75.5 Å². The Morgan fingerprint density at radius 1 is 1.19 bits per heavy atom. The summed E-state index contributed by atoms with van der Waals surface area (Å²) in [5, 5.41) is 0.0432. The summed E-state index contributed by atoms with van der Waals surface area (Å²) >= 11 is 0. The maximum atomic E-state index is 13.1. The van der Waals surface area contributed by atoms with E-state index in [2.05, 4.69) is 4.98 Å². The Balaban J connectivity index is 1.76. The number of aromatic nitrogens is 2. The lowest BCUT2D eigenvalue weighted by Gasteiger charge is -2.38. The molecule has 3 heterocycles. The smallest absolute Gasteiger partial charge is 0.262 e. The molecular formula is C18H22N4O3S. The zero-order chi connectivity index (χ0) is 18.7. The Labute approximate surface area is 153 Å². The van der Waals surface area contributed by atoms with Gasteiger partial charge in [0.25, 0.3) is 10.0 Å². The molecule has 2 aromatic rings. The van der Waals surface area contributed by atoms with Crippen LogP contribution in [-0.2, 0) is 27.3 Å². The van der Waals surface area contributed by atoms with E-state index in [1.54, 1.807) is 30.5 Å². The molecule has 8 heteroatoms. The van der Waals surface area contributed by atoms with Crippen molar-refractivity contribution < 1.29 is 13.2 Å². The number of imidazole rings is 1. The normalized spacial score (nSPS) is 23.7. The molecule has 7 nitrogen and oxygen atoms in total. The SMILES string of the molecule is Cc1nc(S(=O)(=O)N2CCC[C@]3(C2)C(=O)N(C)c2ccccc23)cn1C. The molecule has 1 amide bonds. The lowest BCUT2D eigenvalue weighted by atomic mass is 9.76. The van der Waals surface area contributed by atoms with Crippen molar-refractivity contribution >= 4 is 21.6 Å². The Kier molecular flexibility index (Phi) is 3.75. The number of anilines is 1. The number of amides is 1. The number of para-hydroxylation sites is 1. The zero-order valence-corrected chi connectivity index (χ0v) is 16.0. The highest BCUT2D eigenvalue weighted by Crippen LogP contribution is 2.46. The summed E-state index contributed by atoms with van der Waals surface area (Å²) in [4.78, 5) is 18.9. The number of nitrogens with zero attached hydrogens (tertiary/aromatic N) is 4. The van der Waals surface area contributed by atoms with Crippen LogP contribution in [0.4, 0.5) is 5.69 Å². The third-order valence-corrected chi connectivity index (χ3v) is 7.36. The minimum Gasteiger partial charge on any atom is -0.337 e. The molecule has 138 valence electrons. The molecule has 0 aliphatic carbocycles. The highest BCUT2D eigenvalue weighted by molar-refractivity contribution is 7.89. The molecule has 2 aliphatic heterocycles. The summed E-state index contributed by atoms with van der Waals surface area (Å²) in [6.45, 7) is 2.33. The second-order valence-corrected chi connectivity index (χ2v) is 9.03. The molecule has 1 fully saturated rings. The van der Waals surface area contributed by atoms with Crippen LogP contribution in [0.3, 0.4) is 0 Å². The largest absolute Gasteiger partial charge is 0.337 e. The monoisotopic (exact) mass is 374 g/mol. The van der Waals surface area contributed by atoms with E-state index in [4.69, 9.17) is 0 Å². The molecule has 1 aromatic heterocycles. The number of sulfonamides is 1. The summed E-state index contributed by atoms with van der Waals surface area (Å²) in [6, 6.07) is 7.66. The van der Waals surface area contributed by atoms with Crippen molar-refractivity contribution in [1.82, 2.24) is 13.9 Å². The van der Waals surface area contributed by atoms with Crippen molar-refractivity contribution in [3.05, 3.63) is 41.9 Å². The maximum Gasteiger partial charge on any atom is 0.262 e. The van der Waals surface area contributed by atoms with Gasteiger partial charge in [-0.15, -0.1) is 0 Å². The van der Waals surface area contributed by atoms with Gasteiger partial charge in [0, 0.05) is 39.1 Å². The minimum atomic E-state index is -3.74. The van der Waals surface area contributed by atoms with Crippen LogP contribution < -0.4 is 4.90 Å². The summed E-state index contributed by atoms with van der Waals surface area (Å²) < 4.78 is 29.3. The highest BCUT2D eigenvalue weighted by atomic mass is 32.2. The van der Waals surface area contributed by atoms with Crippen LogP contribution in [0, 0.1) is 6.92 Å². The molecule has 1 atom stereocenters. The fraction of sp³-hybridized carbons (Fsp3) is 0.444. The van der Waals surface area contributed by atoms with Crippen molar-refractivity contribution in [1.29, 1.82) is 0 Å². The number of carbonyl (C=O) groups is 1. The summed E-state index contributed by atoms with van der Waals surface area (Å²) in [5.41, 5.74) is 0.982. The number of piperidine rings is 1. The first-order valence-electron chi connectivity index (χ1n) is 8.65. The third kappa shape index (κ3) is 2.25. The van der Waals surface area contributed by atoms with Crippen molar-refractivity contribution in [3.8, 4) is 0 Å². The van der Waals surface area contributed by atoms with Gasteiger partial charge in [-0.05, 0) is 31.4 Å². The van der Waals surface area contributed by atoms with Crippen LogP contribution in [0.1, 0.15) is 24.2 Å². The fourth-order valence-corrected chi connectivity index (χ4v) is 5.68. The quantitative estimate of drug-likeness (QED) is 0.797. The number of benzene rings is 1. The maximum absolute atomic E-state index is 13.1. The molecule has 0 radical (unpaired) electrons. The van der Waals surface area contributed by atoms with Crippen molar-refractivity contribution in [2.24, 2.45) is 7.05 Å². The van der Waals surface area contributed by atoms with Crippen molar-refractivity contribution in [2.45, 2.75) is 30.2 Å². The predicted octanol–water partition coefficient (Wildman–Crippen LogP) is 1.43. The van der Waals surface area contributed by atoms with E-state index < -0.39 is 15.4 Å². The Bertz CT molecular complexity index is 978. The Morgan fingerprint density at radius 3 is 2.62 bits per heavy atom. The molecule has 0 unspecified atom stereocenters. The second kappa shape index (κ2) is 5.65. The lowest BCUT2D eigenvalue weighted by Crippen LogP contribution is -2.53. The highest BCUT2D eigenvalue weighted by Gasteiger charge is 2.53. The predicted molar refractivity (Wildman–Crippen MR) is 97.5 cm³/mol. The molecule has 4 rings (SSSR count). The van der Waals surface area contributed by atoms with Gasteiger partial charge in [-0.2, -0.15) is 4.31 Å². The molecular weight excluding hydrogens is 352 g/mol. The van der Waals surface area contributed by atoms with Crippen LogP contribution in [0.2, 0.25) is 0 Å². The van der Waals surface area contributed by atoms with Gasteiger partial charge in [0.05, 0.1) is 5.41 Å². The molecule has 26 heavy (non-hydrogen) atoms. The summed E-state index contributed by atoms with van der Waals surface area (Å²) in [6.07, 6.45) is 2.82. The first kappa shape index (κ1) is 17.2. The number of aryl methyl sites for hydroxylation is 2. The minimum absolute atomic E-state index is 0.0317. The molecule has 1 spiro atoms. The fourth-order valence-electron chi connectivity index (χ4n) is 4.12. The van der Waals surface area contributed by atoms with E-state index in [0.717, 1.165) is 11.3 Å². The zero-order valence-electron chi connectivity index (χ0n) is 15.1. The summed E-state index contributed by atoms with van der Waals surface area (Å²) in [7, 11) is -0.216. The Hall–Kier alpha value is -2.19. The number of carbonyl (C=O) groups excluding carboxylic acids is 1. The van der Waals surface area contributed by atoms with E-state index in [9.17, 15) is 13.2 Å². The molecule has 1 saturated heterocycles. The van der Waals surface area contributed by atoms with Gasteiger partial charge in [0.2, 0.25) is 5.91 Å². The van der Waals surface area contributed by atoms with Gasteiger partial charge in [-0.25, -0.2) is 13.4 Å². The number of hydrogen-bond acceptors (Lipinski definition) is 4. The van der Waals surface area contributed by atoms with Crippen molar-refractivity contribution in [2.75, 3.05) is 25.0 Å². The first-order valence-corrected chi connectivity index (χ1v) is 10.1.